The Balaban J connectivity index is 1.48. The summed E-state index contributed by atoms with van der Waals surface area (Å²) in [5, 5.41) is 2.31. The molecule has 0 aliphatic heterocycles. The van der Waals surface area contributed by atoms with Gasteiger partial charge in [0.2, 0.25) is 0 Å². The first-order valence-corrected chi connectivity index (χ1v) is 11.1. The van der Waals surface area contributed by atoms with Gasteiger partial charge in [-0.25, -0.2) is 4.98 Å². The monoisotopic (exact) mass is 431 g/mol. The van der Waals surface area contributed by atoms with Gasteiger partial charge < -0.3 is 4.57 Å². The molecule has 152 valence electrons. The molecule has 4 aromatic carbocycles. The normalized spacial score (nSPS) is 11.2. The fraction of sp³-hybridized carbons (Fsp3) is 0. The molecule has 6 aromatic rings. The number of hydrogen-bond donors (Lipinski definition) is 0. The molecular weight excluding hydrogens is 414 g/mol. The van der Waals surface area contributed by atoms with Crippen molar-refractivity contribution >= 4 is 33.3 Å². The maximum Gasteiger partial charge on any atom is 0.197 e. The molecule has 0 amide bonds. The summed E-state index contributed by atoms with van der Waals surface area (Å²) < 4.78 is 6.67. The van der Waals surface area contributed by atoms with Crippen LogP contribution in [0.15, 0.2) is 108 Å². The minimum absolute atomic E-state index is 0.0615. The molecule has 5 heteroatoms. The van der Waals surface area contributed by atoms with Crippen molar-refractivity contribution in [2.45, 2.75) is 0 Å². The van der Waals surface area contributed by atoms with Crippen LogP contribution in [0, 0.1) is 0 Å². The number of rotatable bonds is 3. The maximum absolute atomic E-state index is 13.0. The van der Waals surface area contributed by atoms with Crippen molar-refractivity contribution in [1.82, 2.24) is 13.9 Å². The average Bonchev–Trinajstić information content (AvgIpc) is 3.36. The summed E-state index contributed by atoms with van der Waals surface area (Å²) >= 11 is 1.40. The fourth-order valence-electron chi connectivity index (χ4n) is 4.07. The van der Waals surface area contributed by atoms with Gasteiger partial charge in [0.15, 0.2) is 11.3 Å². The molecule has 0 saturated heterocycles. The highest BCUT2D eigenvalue weighted by Gasteiger charge is 2.13. The van der Waals surface area contributed by atoms with Crippen molar-refractivity contribution in [3.63, 3.8) is 0 Å². The van der Waals surface area contributed by atoms with Crippen LogP contribution in [-0.2, 0) is 0 Å². The summed E-state index contributed by atoms with van der Waals surface area (Å²) in [5.74, 6) is 0.743. The highest BCUT2D eigenvalue weighted by Crippen LogP contribution is 2.29. The molecule has 32 heavy (non-hydrogen) atoms. The Hall–Kier alpha value is -4.09. The predicted molar refractivity (Wildman–Crippen MR) is 131 cm³/mol. The topological polar surface area (TPSA) is 47.8 Å². The van der Waals surface area contributed by atoms with E-state index in [-0.39, 0.29) is 5.43 Å². The minimum atomic E-state index is 0.0615. The van der Waals surface area contributed by atoms with Crippen LogP contribution in [-0.4, -0.2) is 13.9 Å². The van der Waals surface area contributed by atoms with Gasteiger partial charge in [0, 0.05) is 27.6 Å². The van der Waals surface area contributed by atoms with Crippen LogP contribution in [0.3, 0.4) is 0 Å². The number of benzene rings is 4. The molecule has 0 aliphatic rings. The maximum atomic E-state index is 13.0. The first-order valence-electron chi connectivity index (χ1n) is 10.3. The largest absolute Gasteiger partial charge is 0.309 e. The molecular formula is C27H17N3OS. The van der Waals surface area contributed by atoms with Gasteiger partial charge in [-0.2, -0.15) is 4.37 Å². The van der Waals surface area contributed by atoms with E-state index in [1.54, 1.807) is 0 Å². The fourth-order valence-corrected chi connectivity index (χ4v) is 4.76. The van der Waals surface area contributed by atoms with Crippen LogP contribution in [0.1, 0.15) is 0 Å². The van der Waals surface area contributed by atoms with Crippen molar-refractivity contribution in [3.8, 4) is 27.6 Å². The van der Waals surface area contributed by atoms with Crippen LogP contribution in [0.5, 0.6) is 0 Å². The Kier molecular flexibility index (Phi) is 4.40. The second-order valence-corrected chi connectivity index (χ2v) is 8.29. The lowest BCUT2D eigenvalue weighted by Crippen LogP contribution is -2.10. The Bertz CT molecular complexity index is 1570. The first-order chi connectivity index (χ1) is 15.8. The second-order valence-electron chi connectivity index (χ2n) is 7.53. The Morgan fingerprint density at radius 1 is 0.625 bits per heavy atom. The number of pyridine rings is 1. The van der Waals surface area contributed by atoms with E-state index in [1.807, 2.05) is 78.9 Å². The summed E-state index contributed by atoms with van der Waals surface area (Å²) in [6.07, 6.45) is 0. The van der Waals surface area contributed by atoms with E-state index in [0.29, 0.717) is 10.8 Å². The minimum Gasteiger partial charge on any atom is -0.309 e. The van der Waals surface area contributed by atoms with Crippen LogP contribution in [0.2, 0.25) is 0 Å². The summed E-state index contributed by atoms with van der Waals surface area (Å²) in [4.78, 5) is 17.7. The average molecular weight is 432 g/mol. The van der Waals surface area contributed by atoms with Crippen LogP contribution >= 0.6 is 11.5 Å². The molecule has 0 atom stereocenters. The zero-order chi connectivity index (χ0) is 21.5. The van der Waals surface area contributed by atoms with Gasteiger partial charge >= 0.3 is 0 Å². The van der Waals surface area contributed by atoms with Crippen molar-refractivity contribution in [2.75, 3.05) is 0 Å². The predicted octanol–water partition coefficient (Wildman–Crippen LogP) is 6.33. The second kappa shape index (κ2) is 7.55. The van der Waals surface area contributed by atoms with Crippen LogP contribution in [0.4, 0.5) is 0 Å². The highest BCUT2D eigenvalue weighted by atomic mass is 32.1. The van der Waals surface area contributed by atoms with Gasteiger partial charge in [-0.3, -0.25) is 4.79 Å². The van der Waals surface area contributed by atoms with Gasteiger partial charge in [0.05, 0.1) is 11.0 Å². The number of para-hydroxylation sites is 2. The van der Waals surface area contributed by atoms with Crippen LogP contribution in [0.25, 0.3) is 49.5 Å². The number of fused-ring (bicyclic) bond motifs is 2. The smallest absolute Gasteiger partial charge is 0.197 e. The third kappa shape index (κ3) is 3.02. The van der Waals surface area contributed by atoms with Crippen molar-refractivity contribution in [3.05, 3.63) is 113 Å². The Labute approximate surface area is 188 Å². The zero-order valence-electron chi connectivity index (χ0n) is 17.0. The molecule has 0 saturated carbocycles. The van der Waals surface area contributed by atoms with Crippen LogP contribution < -0.4 is 5.43 Å². The summed E-state index contributed by atoms with van der Waals surface area (Å²) in [6, 6.07) is 33.8. The van der Waals surface area contributed by atoms with Gasteiger partial charge in [-0.05, 0) is 60.1 Å². The lowest BCUT2D eigenvalue weighted by atomic mass is 10.1. The molecule has 0 spiro atoms. The lowest BCUT2D eigenvalue weighted by Gasteiger charge is -2.15. The van der Waals surface area contributed by atoms with E-state index in [9.17, 15) is 4.79 Å². The van der Waals surface area contributed by atoms with E-state index in [1.165, 1.54) is 11.5 Å². The number of aromatic nitrogens is 3. The first kappa shape index (κ1) is 18.7. The molecule has 0 bridgehead atoms. The quantitative estimate of drug-likeness (QED) is 0.308. The molecule has 0 unspecified atom stereocenters. The molecule has 0 N–H and O–H groups in total. The molecule has 0 fully saturated rings. The number of hydrogen-bond acceptors (Lipinski definition) is 4. The Morgan fingerprint density at radius 2 is 1.22 bits per heavy atom. The SMILES string of the molecule is O=c1c2ccccc2n(-c2ccc(-c3nc(-c4ccccc4)ns3)cc2)c2ccccc12. The van der Waals surface area contributed by atoms with E-state index in [2.05, 4.69) is 33.2 Å². The highest BCUT2D eigenvalue weighted by molar-refractivity contribution is 7.09. The van der Waals surface area contributed by atoms with Crippen molar-refractivity contribution < 1.29 is 0 Å². The van der Waals surface area contributed by atoms with Gasteiger partial charge in [-0.1, -0.05) is 54.6 Å². The molecule has 0 aliphatic carbocycles. The van der Waals surface area contributed by atoms with Gasteiger partial charge in [0.25, 0.3) is 0 Å². The zero-order valence-corrected chi connectivity index (χ0v) is 17.8. The summed E-state index contributed by atoms with van der Waals surface area (Å²) in [7, 11) is 0. The summed E-state index contributed by atoms with van der Waals surface area (Å²) in [6.45, 7) is 0. The molecule has 0 radical (unpaired) electrons. The van der Waals surface area contributed by atoms with Gasteiger partial charge in [0.1, 0.15) is 5.01 Å². The molecule has 6 rings (SSSR count). The third-order valence-electron chi connectivity index (χ3n) is 5.61. The van der Waals surface area contributed by atoms with Crippen molar-refractivity contribution in [1.29, 1.82) is 0 Å². The molecule has 2 aromatic heterocycles. The van der Waals surface area contributed by atoms with E-state index < -0.39 is 0 Å². The Morgan fingerprint density at radius 3 is 1.88 bits per heavy atom. The lowest BCUT2D eigenvalue weighted by molar-refractivity contribution is 1.16. The van der Waals surface area contributed by atoms with E-state index in [4.69, 9.17) is 4.98 Å². The van der Waals surface area contributed by atoms with E-state index >= 15 is 0 Å². The number of nitrogens with zero attached hydrogens (tertiary/aromatic N) is 3. The van der Waals surface area contributed by atoms with Crippen molar-refractivity contribution in [2.24, 2.45) is 0 Å². The third-order valence-corrected chi connectivity index (χ3v) is 6.37. The summed E-state index contributed by atoms with van der Waals surface area (Å²) in [5.41, 5.74) is 4.87. The standard InChI is InChI=1S/C27H17N3OS/c31-25-21-10-4-6-12-23(21)30(24-13-7-5-11-22(24)25)20-16-14-19(15-17-20)27-28-26(29-32-27)18-8-2-1-3-9-18/h1-17H. The van der Waals surface area contributed by atoms with E-state index in [0.717, 1.165) is 38.7 Å². The molecule has 2 heterocycles. The van der Waals surface area contributed by atoms with Gasteiger partial charge in [-0.15, -0.1) is 0 Å². The molecule has 4 nitrogen and oxygen atoms in total.